The van der Waals surface area contributed by atoms with Gasteiger partial charge in [-0.25, -0.2) is 4.79 Å². The average molecular weight is 481 g/mol. The van der Waals surface area contributed by atoms with Crippen LogP contribution in [0.3, 0.4) is 0 Å². The van der Waals surface area contributed by atoms with Crippen molar-refractivity contribution < 1.29 is 9.53 Å². The van der Waals surface area contributed by atoms with E-state index in [1.165, 1.54) is 51.6 Å². The van der Waals surface area contributed by atoms with Crippen molar-refractivity contribution in [2.24, 2.45) is 0 Å². The smallest absolute Gasteiger partial charge is 0.338 e. The summed E-state index contributed by atoms with van der Waals surface area (Å²) in [6.45, 7) is 8.25. The quantitative estimate of drug-likeness (QED) is 0.276. The molecule has 2 aliphatic rings. The highest BCUT2D eigenvalue weighted by Crippen LogP contribution is 2.64. The number of methoxy groups -OCH3 is 1. The van der Waals surface area contributed by atoms with Gasteiger partial charge in [0.1, 0.15) is 0 Å². The number of fused-ring (bicyclic) bond motifs is 7. The number of carbonyl (C=O) groups excluding carboxylic acids is 1. The third-order valence-corrected chi connectivity index (χ3v) is 7.90. The van der Waals surface area contributed by atoms with Gasteiger partial charge < -0.3 is 4.74 Å². The summed E-state index contributed by atoms with van der Waals surface area (Å²) < 4.78 is 5.19. The first kappa shape index (κ1) is 23.0. The number of esters is 1. The molecule has 1 atom stereocenters. The zero-order valence-corrected chi connectivity index (χ0v) is 21.3. The third-order valence-electron chi connectivity index (χ3n) is 7.90. The molecule has 0 bridgehead atoms. The summed E-state index contributed by atoms with van der Waals surface area (Å²) in [5, 5.41) is 0. The Morgan fingerprint density at radius 3 is 2.11 bits per heavy atom. The molecule has 37 heavy (non-hydrogen) atoms. The first-order chi connectivity index (χ1) is 18.1. The van der Waals surface area contributed by atoms with Crippen LogP contribution in [0.25, 0.3) is 27.8 Å². The van der Waals surface area contributed by atoms with Gasteiger partial charge in [0.25, 0.3) is 0 Å². The number of hydrogen-bond donors (Lipinski definition) is 0. The molecule has 180 valence electrons. The summed E-state index contributed by atoms with van der Waals surface area (Å²) in [4.78, 5) is 12.9. The van der Waals surface area contributed by atoms with Crippen molar-refractivity contribution in [2.75, 3.05) is 7.11 Å². The minimum Gasteiger partial charge on any atom is -0.465 e. The molecular formula is C35H28O2. The number of ether oxygens (including phenoxy) is 1. The van der Waals surface area contributed by atoms with E-state index in [2.05, 4.69) is 105 Å². The highest BCUT2D eigenvalue weighted by molar-refractivity contribution is 6.06. The lowest BCUT2D eigenvalue weighted by Gasteiger charge is -2.31. The van der Waals surface area contributed by atoms with E-state index in [-0.39, 0.29) is 5.97 Å². The second-order valence-electron chi connectivity index (χ2n) is 9.58. The molecule has 0 amide bonds. The molecule has 1 spiro atoms. The van der Waals surface area contributed by atoms with Crippen molar-refractivity contribution in [2.45, 2.75) is 19.3 Å². The normalized spacial score (nSPS) is 19.1. The van der Waals surface area contributed by atoms with Crippen molar-refractivity contribution in [3.8, 4) is 22.3 Å². The summed E-state index contributed by atoms with van der Waals surface area (Å²) >= 11 is 0. The highest BCUT2D eigenvalue weighted by Gasteiger charge is 2.53. The Kier molecular flexibility index (Phi) is 5.35. The fourth-order valence-corrected chi connectivity index (χ4v) is 6.60. The molecule has 1 unspecified atom stereocenters. The van der Waals surface area contributed by atoms with Crippen LogP contribution in [0.4, 0.5) is 0 Å². The van der Waals surface area contributed by atoms with Crippen LogP contribution in [0.15, 0.2) is 115 Å². The van der Waals surface area contributed by atoms with Gasteiger partial charge in [-0.2, -0.15) is 0 Å². The molecule has 0 heterocycles. The Bertz CT molecular complexity index is 1670. The van der Waals surface area contributed by atoms with E-state index in [9.17, 15) is 4.79 Å². The Balaban J connectivity index is 1.80. The van der Waals surface area contributed by atoms with Crippen molar-refractivity contribution in [3.63, 3.8) is 0 Å². The second-order valence-corrected chi connectivity index (χ2v) is 9.58. The fraction of sp³-hybridized carbons (Fsp3) is 0.114. The number of hydrogen-bond acceptors (Lipinski definition) is 2. The summed E-state index contributed by atoms with van der Waals surface area (Å²) in [6.07, 6.45) is 6.28. The van der Waals surface area contributed by atoms with Gasteiger partial charge in [-0.3, -0.25) is 0 Å². The highest BCUT2D eigenvalue weighted by atomic mass is 16.5. The van der Waals surface area contributed by atoms with E-state index in [1.54, 1.807) is 0 Å². The SMILES string of the molecule is C=C/C=C1\C(=C/C)c2ccccc2C12c1ccccc1-c1c(-c3c(C)cccc3C(=O)OC)cccc12. The number of aryl methyl sites for hydroxylation is 1. The predicted molar refractivity (Wildman–Crippen MR) is 152 cm³/mol. The number of allylic oxidation sites excluding steroid dienone is 5. The van der Waals surface area contributed by atoms with E-state index in [1.807, 2.05) is 18.2 Å². The maximum atomic E-state index is 12.9. The Hall–Kier alpha value is -4.43. The van der Waals surface area contributed by atoms with Crippen LogP contribution in [0.5, 0.6) is 0 Å². The minimum absolute atomic E-state index is 0.327. The van der Waals surface area contributed by atoms with Crippen LogP contribution in [0.1, 0.15) is 45.1 Å². The van der Waals surface area contributed by atoms with Crippen LogP contribution in [-0.2, 0) is 10.2 Å². The van der Waals surface area contributed by atoms with E-state index in [4.69, 9.17) is 4.74 Å². The van der Waals surface area contributed by atoms with Gasteiger partial charge in [0.2, 0.25) is 0 Å². The molecule has 4 aromatic carbocycles. The Morgan fingerprint density at radius 2 is 1.41 bits per heavy atom. The molecule has 0 radical (unpaired) electrons. The predicted octanol–water partition coefficient (Wildman–Crippen LogP) is 8.29. The summed E-state index contributed by atoms with van der Waals surface area (Å²) in [7, 11) is 1.44. The standard InChI is InChI=1S/C35H28O2/c1-5-13-28-23(6-2)24-15-7-9-19-29(24)35(28)30-20-10-8-16-25(30)33-26(17-12-21-31(33)35)32-22(3)14-11-18-27(32)34(36)37-4/h5-21H,1H2,2-4H3/b23-6-,28-13+. The number of carbonyl (C=O) groups is 1. The van der Waals surface area contributed by atoms with Gasteiger partial charge in [-0.05, 0) is 81.1 Å². The van der Waals surface area contributed by atoms with Gasteiger partial charge in [-0.1, -0.05) is 104 Å². The second kappa shape index (κ2) is 8.60. The third kappa shape index (κ3) is 2.96. The minimum atomic E-state index is -0.470. The molecule has 0 aliphatic heterocycles. The lowest BCUT2D eigenvalue weighted by Crippen LogP contribution is -2.26. The van der Waals surface area contributed by atoms with Gasteiger partial charge in [0.05, 0.1) is 18.1 Å². The maximum Gasteiger partial charge on any atom is 0.338 e. The molecule has 0 fully saturated rings. The molecule has 4 aromatic rings. The summed E-state index contributed by atoms with van der Waals surface area (Å²) in [5.74, 6) is -0.327. The largest absolute Gasteiger partial charge is 0.465 e. The zero-order chi connectivity index (χ0) is 25.7. The van der Waals surface area contributed by atoms with E-state index < -0.39 is 5.41 Å². The van der Waals surface area contributed by atoms with Gasteiger partial charge in [0, 0.05) is 0 Å². The van der Waals surface area contributed by atoms with Crippen molar-refractivity contribution in [3.05, 3.63) is 149 Å². The lowest BCUT2D eigenvalue weighted by molar-refractivity contribution is 0.0601. The fourth-order valence-electron chi connectivity index (χ4n) is 6.60. The van der Waals surface area contributed by atoms with Gasteiger partial charge in [0.15, 0.2) is 0 Å². The molecular weight excluding hydrogens is 452 g/mol. The van der Waals surface area contributed by atoms with Gasteiger partial charge >= 0.3 is 5.97 Å². The summed E-state index contributed by atoms with van der Waals surface area (Å²) in [5.41, 5.74) is 12.9. The van der Waals surface area contributed by atoms with Crippen LogP contribution in [0.2, 0.25) is 0 Å². The molecule has 0 N–H and O–H groups in total. The first-order valence-corrected chi connectivity index (χ1v) is 12.6. The van der Waals surface area contributed by atoms with Crippen LogP contribution >= 0.6 is 0 Å². The van der Waals surface area contributed by atoms with Crippen molar-refractivity contribution in [1.29, 1.82) is 0 Å². The molecule has 0 saturated heterocycles. The molecule has 2 nitrogen and oxygen atoms in total. The average Bonchev–Trinajstić information content (AvgIpc) is 3.39. The van der Waals surface area contributed by atoms with Gasteiger partial charge in [-0.15, -0.1) is 0 Å². The molecule has 2 aliphatic carbocycles. The van der Waals surface area contributed by atoms with E-state index in [0.717, 1.165) is 16.7 Å². The monoisotopic (exact) mass is 480 g/mol. The van der Waals surface area contributed by atoms with Crippen LogP contribution < -0.4 is 0 Å². The topological polar surface area (TPSA) is 26.3 Å². The van der Waals surface area contributed by atoms with E-state index in [0.29, 0.717) is 5.56 Å². The number of rotatable bonds is 3. The molecule has 0 aromatic heterocycles. The van der Waals surface area contributed by atoms with Crippen molar-refractivity contribution >= 4 is 11.5 Å². The summed E-state index contributed by atoms with van der Waals surface area (Å²) in [6, 6.07) is 29.8. The van der Waals surface area contributed by atoms with Crippen LogP contribution in [0, 0.1) is 6.92 Å². The Labute approximate surface area is 218 Å². The lowest BCUT2D eigenvalue weighted by atomic mass is 9.70. The maximum absolute atomic E-state index is 12.9. The first-order valence-electron chi connectivity index (χ1n) is 12.6. The van der Waals surface area contributed by atoms with Crippen molar-refractivity contribution in [1.82, 2.24) is 0 Å². The molecule has 2 heteroatoms. The Morgan fingerprint density at radius 1 is 0.784 bits per heavy atom. The molecule has 6 rings (SSSR count). The van der Waals surface area contributed by atoms with E-state index >= 15 is 0 Å². The zero-order valence-electron chi connectivity index (χ0n) is 21.3. The van der Waals surface area contributed by atoms with Crippen LogP contribution in [-0.4, -0.2) is 13.1 Å². The number of benzene rings is 4. The molecule has 0 saturated carbocycles.